The Labute approximate surface area is 109 Å². The monoisotopic (exact) mass is 250 g/mol. The minimum atomic E-state index is -0.308. The molecule has 0 aliphatic heterocycles. The number of hydrogen-bond acceptors (Lipinski definition) is 3. The Morgan fingerprint density at radius 1 is 1.44 bits per heavy atom. The zero-order chi connectivity index (χ0) is 13.8. The number of carbonyl (C=O) groups is 1. The van der Waals surface area contributed by atoms with Gasteiger partial charge in [-0.25, -0.2) is 0 Å². The van der Waals surface area contributed by atoms with Gasteiger partial charge in [-0.3, -0.25) is 4.79 Å². The Kier molecular flexibility index (Phi) is 4.73. The summed E-state index contributed by atoms with van der Waals surface area (Å²) in [4.78, 5) is 11.7. The number of anilines is 1. The Morgan fingerprint density at radius 3 is 2.67 bits per heavy atom. The van der Waals surface area contributed by atoms with Crippen LogP contribution in [0.1, 0.15) is 39.3 Å². The van der Waals surface area contributed by atoms with Gasteiger partial charge >= 0.3 is 0 Å². The number of rotatable bonds is 4. The highest BCUT2D eigenvalue weighted by Crippen LogP contribution is 2.15. The highest BCUT2D eigenvalue weighted by atomic mass is 16.5. The van der Waals surface area contributed by atoms with Gasteiger partial charge in [-0.1, -0.05) is 12.1 Å². The van der Waals surface area contributed by atoms with E-state index in [-0.39, 0.29) is 24.2 Å². The zero-order valence-corrected chi connectivity index (χ0v) is 11.5. The average molecular weight is 250 g/mol. The lowest BCUT2D eigenvalue weighted by atomic mass is 10.1. The first-order chi connectivity index (χ1) is 8.28. The number of carbonyl (C=O) groups excluding carboxylic acids is 1. The Balaban J connectivity index is 2.50. The van der Waals surface area contributed by atoms with Gasteiger partial charge < -0.3 is 15.8 Å². The van der Waals surface area contributed by atoms with E-state index in [4.69, 9.17) is 10.5 Å². The lowest BCUT2D eigenvalue weighted by Gasteiger charge is -2.20. The van der Waals surface area contributed by atoms with Gasteiger partial charge in [0.15, 0.2) is 0 Å². The van der Waals surface area contributed by atoms with E-state index >= 15 is 0 Å². The fourth-order valence-corrected chi connectivity index (χ4v) is 1.48. The molecule has 0 radical (unpaired) electrons. The van der Waals surface area contributed by atoms with Gasteiger partial charge in [0.25, 0.3) is 0 Å². The molecule has 1 unspecified atom stereocenters. The normalized spacial score (nSPS) is 13.1. The van der Waals surface area contributed by atoms with Gasteiger partial charge in [0.05, 0.1) is 11.6 Å². The topological polar surface area (TPSA) is 64.3 Å². The predicted octanol–water partition coefficient (Wildman–Crippen LogP) is 2.26. The number of benzene rings is 1. The summed E-state index contributed by atoms with van der Waals surface area (Å²) < 4.78 is 5.41. The second kappa shape index (κ2) is 5.87. The van der Waals surface area contributed by atoms with Crippen LogP contribution in [0.3, 0.4) is 0 Å². The van der Waals surface area contributed by atoms with Crippen LogP contribution >= 0.6 is 0 Å². The Morgan fingerprint density at radius 2 is 2.11 bits per heavy atom. The van der Waals surface area contributed by atoms with Crippen molar-refractivity contribution in [2.45, 2.75) is 39.3 Å². The molecule has 0 saturated heterocycles. The zero-order valence-electron chi connectivity index (χ0n) is 11.5. The molecule has 1 rings (SSSR count). The third-order valence-electron chi connectivity index (χ3n) is 2.42. The fourth-order valence-electron chi connectivity index (χ4n) is 1.48. The minimum Gasteiger partial charge on any atom is -0.399 e. The van der Waals surface area contributed by atoms with Crippen molar-refractivity contribution in [1.29, 1.82) is 0 Å². The summed E-state index contributed by atoms with van der Waals surface area (Å²) in [7, 11) is 0. The van der Waals surface area contributed by atoms with Crippen LogP contribution in [0.15, 0.2) is 24.3 Å². The molecule has 100 valence electrons. The molecule has 18 heavy (non-hydrogen) atoms. The van der Waals surface area contributed by atoms with E-state index in [9.17, 15) is 4.79 Å². The third-order valence-corrected chi connectivity index (χ3v) is 2.42. The molecule has 0 bridgehead atoms. The summed E-state index contributed by atoms with van der Waals surface area (Å²) in [6.07, 6.45) is 0. The number of nitrogen functional groups attached to an aromatic ring is 1. The van der Waals surface area contributed by atoms with Crippen LogP contribution in [0.25, 0.3) is 0 Å². The first-order valence-corrected chi connectivity index (χ1v) is 6.07. The van der Waals surface area contributed by atoms with E-state index in [1.807, 2.05) is 52.0 Å². The van der Waals surface area contributed by atoms with E-state index in [2.05, 4.69) is 5.32 Å². The van der Waals surface area contributed by atoms with Crippen molar-refractivity contribution < 1.29 is 9.53 Å². The lowest BCUT2D eigenvalue weighted by Crippen LogP contribution is -2.33. The summed E-state index contributed by atoms with van der Waals surface area (Å²) in [5.41, 5.74) is 7.08. The summed E-state index contributed by atoms with van der Waals surface area (Å²) in [5.74, 6) is -0.125. The molecule has 1 aromatic carbocycles. The van der Waals surface area contributed by atoms with Crippen LogP contribution in [-0.2, 0) is 9.53 Å². The largest absolute Gasteiger partial charge is 0.399 e. The third kappa shape index (κ3) is 5.19. The van der Waals surface area contributed by atoms with Crippen molar-refractivity contribution in [3.8, 4) is 0 Å². The van der Waals surface area contributed by atoms with Gasteiger partial charge in [-0.15, -0.1) is 0 Å². The molecular weight excluding hydrogens is 228 g/mol. The maximum Gasteiger partial charge on any atom is 0.246 e. The Hall–Kier alpha value is -1.55. The van der Waals surface area contributed by atoms with Crippen LogP contribution < -0.4 is 11.1 Å². The van der Waals surface area contributed by atoms with Crippen LogP contribution in [0, 0.1) is 0 Å². The van der Waals surface area contributed by atoms with E-state index in [1.165, 1.54) is 0 Å². The Bertz CT molecular complexity index is 411. The highest BCUT2D eigenvalue weighted by molar-refractivity contribution is 5.77. The van der Waals surface area contributed by atoms with Gasteiger partial charge in [-0.05, 0) is 45.4 Å². The first-order valence-electron chi connectivity index (χ1n) is 6.07. The summed E-state index contributed by atoms with van der Waals surface area (Å²) in [5, 5.41) is 2.88. The molecule has 0 aromatic heterocycles. The van der Waals surface area contributed by atoms with Gasteiger partial charge in [0.2, 0.25) is 5.91 Å². The van der Waals surface area contributed by atoms with Crippen molar-refractivity contribution in [3.63, 3.8) is 0 Å². The van der Waals surface area contributed by atoms with Crippen molar-refractivity contribution in [1.82, 2.24) is 5.32 Å². The first kappa shape index (κ1) is 14.5. The molecule has 0 aliphatic carbocycles. The molecule has 0 saturated carbocycles. The highest BCUT2D eigenvalue weighted by Gasteiger charge is 2.14. The second-order valence-corrected chi connectivity index (χ2v) is 5.36. The van der Waals surface area contributed by atoms with E-state index in [1.54, 1.807) is 0 Å². The summed E-state index contributed by atoms with van der Waals surface area (Å²) in [6.45, 7) is 7.74. The molecule has 1 amide bonds. The minimum absolute atomic E-state index is 0.0656. The van der Waals surface area contributed by atoms with Crippen molar-refractivity contribution >= 4 is 11.6 Å². The maximum atomic E-state index is 11.7. The van der Waals surface area contributed by atoms with E-state index in [0.717, 1.165) is 5.56 Å². The lowest BCUT2D eigenvalue weighted by molar-refractivity contribution is -0.131. The van der Waals surface area contributed by atoms with E-state index < -0.39 is 0 Å². The fraction of sp³-hybridized carbons (Fsp3) is 0.500. The van der Waals surface area contributed by atoms with Gasteiger partial charge in [-0.2, -0.15) is 0 Å². The predicted molar refractivity (Wildman–Crippen MR) is 73.1 cm³/mol. The van der Waals surface area contributed by atoms with Crippen LogP contribution in [0.4, 0.5) is 5.69 Å². The van der Waals surface area contributed by atoms with Gasteiger partial charge in [0, 0.05) is 5.69 Å². The van der Waals surface area contributed by atoms with Crippen molar-refractivity contribution in [3.05, 3.63) is 29.8 Å². The molecule has 0 spiro atoms. The smallest absolute Gasteiger partial charge is 0.246 e. The molecule has 0 heterocycles. The van der Waals surface area contributed by atoms with Crippen molar-refractivity contribution in [2.75, 3.05) is 12.3 Å². The molecule has 4 nitrogen and oxygen atoms in total. The molecular formula is C14H22N2O2. The maximum absolute atomic E-state index is 11.7. The number of hydrogen-bond donors (Lipinski definition) is 2. The SMILES string of the molecule is CC(NC(=O)COC(C)(C)C)c1cccc(N)c1. The van der Waals surface area contributed by atoms with Crippen molar-refractivity contribution in [2.24, 2.45) is 0 Å². The molecule has 1 aromatic rings. The quantitative estimate of drug-likeness (QED) is 0.806. The second-order valence-electron chi connectivity index (χ2n) is 5.36. The standard InChI is InChI=1S/C14H22N2O2/c1-10(11-6-5-7-12(15)8-11)16-13(17)9-18-14(2,3)4/h5-8,10H,9,15H2,1-4H3,(H,16,17). The molecule has 1 atom stereocenters. The number of nitrogens with one attached hydrogen (secondary N) is 1. The van der Waals surface area contributed by atoms with E-state index in [0.29, 0.717) is 5.69 Å². The number of amides is 1. The molecule has 3 N–H and O–H groups in total. The molecule has 4 heteroatoms. The number of ether oxygens (including phenoxy) is 1. The van der Waals surface area contributed by atoms with Crippen LogP contribution in [-0.4, -0.2) is 18.1 Å². The molecule has 0 fully saturated rings. The van der Waals surface area contributed by atoms with Crippen LogP contribution in [0.5, 0.6) is 0 Å². The van der Waals surface area contributed by atoms with Gasteiger partial charge in [0.1, 0.15) is 6.61 Å². The average Bonchev–Trinajstić information content (AvgIpc) is 2.25. The summed E-state index contributed by atoms with van der Waals surface area (Å²) in [6, 6.07) is 7.41. The molecule has 0 aliphatic rings. The van der Waals surface area contributed by atoms with Crippen LogP contribution in [0.2, 0.25) is 0 Å². The number of nitrogens with two attached hydrogens (primary N) is 1. The summed E-state index contributed by atoms with van der Waals surface area (Å²) >= 11 is 0.